The minimum atomic E-state index is 0.187. The van der Waals surface area contributed by atoms with Crippen LogP contribution in [-0.4, -0.2) is 38.7 Å². The topological polar surface area (TPSA) is 53.9 Å². The number of carbonyl (C=O) groups excluding carboxylic acids is 1. The molecule has 5 nitrogen and oxygen atoms in total. The summed E-state index contributed by atoms with van der Waals surface area (Å²) in [7, 11) is 1.95. The van der Waals surface area contributed by atoms with Gasteiger partial charge in [0.15, 0.2) is 4.77 Å². The Morgan fingerprint density at radius 1 is 1.40 bits per heavy atom. The fraction of sp³-hybridized carbons (Fsp3) is 0.786. The number of aromatic amines is 1. The first kappa shape index (κ1) is 15.2. The van der Waals surface area contributed by atoms with E-state index in [9.17, 15) is 4.79 Å². The van der Waals surface area contributed by atoms with Gasteiger partial charge in [-0.25, -0.2) is 0 Å². The van der Waals surface area contributed by atoms with Gasteiger partial charge < -0.3 is 9.47 Å². The predicted octanol–water partition coefficient (Wildman–Crippen LogP) is 2.62. The standard InChI is InChI=1S/C14H24N4OS/c1-4-10(5-2)13(19)18-8-6-11(7-9-18)12-15-16-14(20)17(12)3/h10-11H,4-9H2,1-3H3,(H,16,20). The summed E-state index contributed by atoms with van der Waals surface area (Å²) < 4.78 is 2.61. The average Bonchev–Trinajstić information content (AvgIpc) is 2.80. The van der Waals surface area contributed by atoms with Crippen LogP contribution < -0.4 is 0 Å². The second-order valence-electron chi connectivity index (χ2n) is 5.56. The van der Waals surface area contributed by atoms with E-state index in [-0.39, 0.29) is 5.92 Å². The van der Waals surface area contributed by atoms with Crippen LogP contribution in [0, 0.1) is 10.7 Å². The lowest BCUT2D eigenvalue weighted by atomic mass is 9.94. The van der Waals surface area contributed by atoms with Crippen molar-refractivity contribution in [1.82, 2.24) is 19.7 Å². The molecule has 2 rings (SSSR count). The van der Waals surface area contributed by atoms with Crippen LogP contribution in [0.4, 0.5) is 0 Å². The van der Waals surface area contributed by atoms with Crippen molar-refractivity contribution in [2.45, 2.75) is 45.4 Å². The van der Waals surface area contributed by atoms with Crippen LogP contribution in [0.1, 0.15) is 51.3 Å². The van der Waals surface area contributed by atoms with Crippen molar-refractivity contribution in [3.8, 4) is 0 Å². The van der Waals surface area contributed by atoms with Crippen molar-refractivity contribution in [2.24, 2.45) is 13.0 Å². The van der Waals surface area contributed by atoms with Crippen molar-refractivity contribution >= 4 is 18.1 Å². The van der Waals surface area contributed by atoms with E-state index < -0.39 is 0 Å². The summed E-state index contributed by atoms with van der Waals surface area (Å²) in [5, 5.41) is 7.16. The number of H-pyrrole nitrogens is 1. The number of aromatic nitrogens is 3. The molecule has 2 heterocycles. The molecule has 0 bridgehead atoms. The zero-order valence-corrected chi connectivity index (χ0v) is 13.4. The quantitative estimate of drug-likeness (QED) is 0.869. The third-order valence-electron chi connectivity index (χ3n) is 4.42. The first-order chi connectivity index (χ1) is 9.58. The van der Waals surface area contributed by atoms with Crippen LogP contribution in [-0.2, 0) is 11.8 Å². The summed E-state index contributed by atoms with van der Waals surface area (Å²) in [6, 6.07) is 0. The van der Waals surface area contributed by atoms with E-state index in [2.05, 4.69) is 24.0 Å². The largest absolute Gasteiger partial charge is 0.342 e. The van der Waals surface area contributed by atoms with Gasteiger partial charge in [0.25, 0.3) is 0 Å². The summed E-state index contributed by atoms with van der Waals surface area (Å²) in [6.45, 7) is 5.85. The molecule has 1 aliphatic heterocycles. The molecule has 0 unspecified atom stereocenters. The number of piperidine rings is 1. The number of rotatable bonds is 4. The van der Waals surface area contributed by atoms with Gasteiger partial charge in [-0.15, -0.1) is 0 Å². The normalized spacial score (nSPS) is 16.9. The van der Waals surface area contributed by atoms with E-state index in [0.29, 0.717) is 16.6 Å². The Morgan fingerprint density at radius 2 is 2.00 bits per heavy atom. The summed E-state index contributed by atoms with van der Waals surface area (Å²) in [6.07, 6.45) is 3.81. The van der Waals surface area contributed by atoms with Gasteiger partial charge in [-0.3, -0.25) is 9.89 Å². The summed E-state index contributed by atoms with van der Waals surface area (Å²) in [5.74, 6) is 1.93. The Hall–Kier alpha value is -1.17. The highest BCUT2D eigenvalue weighted by Crippen LogP contribution is 2.27. The van der Waals surface area contributed by atoms with Gasteiger partial charge in [0.1, 0.15) is 5.82 Å². The van der Waals surface area contributed by atoms with Crippen LogP contribution >= 0.6 is 12.2 Å². The number of hydrogen-bond acceptors (Lipinski definition) is 3. The lowest BCUT2D eigenvalue weighted by Gasteiger charge is -2.33. The molecule has 1 aromatic rings. The molecule has 6 heteroatoms. The highest BCUT2D eigenvalue weighted by molar-refractivity contribution is 7.71. The van der Waals surface area contributed by atoms with E-state index in [4.69, 9.17) is 12.2 Å². The predicted molar refractivity (Wildman–Crippen MR) is 81.0 cm³/mol. The molecule has 0 spiro atoms. The first-order valence-electron chi connectivity index (χ1n) is 7.48. The molecule has 1 aliphatic rings. The fourth-order valence-corrected chi connectivity index (χ4v) is 3.12. The zero-order valence-electron chi connectivity index (χ0n) is 12.6. The number of amides is 1. The van der Waals surface area contributed by atoms with Gasteiger partial charge in [0, 0.05) is 32.0 Å². The maximum atomic E-state index is 12.4. The summed E-state index contributed by atoms with van der Waals surface area (Å²) in [5.41, 5.74) is 0. The second kappa shape index (κ2) is 6.52. The van der Waals surface area contributed by atoms with Crippen molar-refractivity contribution < 1.29 is 4.79 Å². The molecule has 0 saturated carbocycles. The lowest BCUT2D eigenvalue weighted by molar-refractivity contribution is -0.136. The number of hydrogen-bond donors (Lipinski definition) is 1. The number of nitrogens with zero attached hydrogens (tertiary/aromatic N) is 3. The molecule has 112 valence electrons. The maximum Gasteiger partial charge on any atom is 0.225 e. The van der Waals surface area contributed by atoms with Gasteiger partial charge >= 0.3 is 0 Å². The number of nitrogens with one attached hydrogen (secondary N) is 1. The van der Waals surface area contributed by atoms with E-state index in [0.717, 1.165) is 44.6 Å². The Labute approximate surface area is 125 Å². The molecular formula is C14H24N4OS. The van der Waals surface area contributed by atoms with Crippen molar-refractivity contribution in [3.63, 3.8) is 0 Å². The fourth-order valence-electron chi connectivity index (χ4n) is 2.98. The lowest BCUT2D eigenvalue weighted by Crippen LogP contribution is -2.41. The van der Waals surface area contributed by atoms with Gasteiger partial charge in [0.2, 0.25) is 5.91 Å². The van der Waals surface area contributed by atoms with Crippen LogP contribution in [0.25, 0.3) is 0 Å². The molecule has 1 saturated heterocycles. The highest BCUT2D eigenvalue weighted by atomic mass is 32.1. The minimum Gasteiger partial charge on any atom is -0.342 e. The van der Waals surface area contributed by atoms with Crippen LogP contribution in [0.15, 0.2) is 0 Å². The van der Waals surface area contributed by atoms with Crippen LogP contribution in [0.3, 0.4) is 0 Å². The molecule has 0 aliphatic carbocycles. The van der Waals surface area contributed by atoms with Crippen LogP contribution in [0.2, 0.25) is 0 Å². The number of likely N-dealkylation sites (tertiary alicyclic amines) is 1. The van der Waals surface area contributed by atoms with Crippen molar-refractivity contribution in [2.75, 3.05) is 13.1 Å². The molecule has 0 atom stereocenters. The molecule has 1 aromatic heterocycles. The zero-order chi connectivity index (χ0) is 14.7. The van der Waals surface area contributed by atoms with E-state index in [1.807, 2.05) is 16.5 Å². The molecule has 0 aromatic carbocycles. The maximum absolute atomic E-state index is 12.4. The summed E-state index contributed by atoms with van der Waals surface area (Å²) >= 11 is 5.15. The van der Waals surface area contributed by atoms with Gasteiger partial charge in [-0.1, -0.05) is 13.8 Å². The second-order valence-corrected chi connectivity index (χ2v) is 5.95. The molecule has 0 radical (unpaired) electrons. The molecule has 1 fully saturated rings. The smallest absolute Gasteiger partial charge is 0.225 e. The Morgan fingerprint density at radius 3 is 2.45 bits per heavy atom. The summed E-state index contributed by atoms with van der Waals surface area (Å²) in [4.78, 5) is 14.4. The molecule has 1 amide bonds. The van der Waals surface area contributed by atoms with Gasteiger partial charge in [-0.2, -0.15) is 5.10 Å². The monoisotopic (exact) mass is 296 g/mol. The van der Waals surface area contributed by atoms with Crippen LogP contribution in [0.5, 0.6) is 0 Å². The minimum absolute atomic E-state index is 0.187. The van der Waals surface area contributed by atoms with Crippen molar-refractivity contribution in [3.05, 3.63) is 10.6 Å². The Kier molecular flexibility index (Phi) is 4.96. The van der Waals surface area contributed by atoms with Gasteiger partial charge in [-0.05, 0) is 37.9 Å². The third-order valence-corrected chi connectivity index (χ3v) is 4.79. The van der Waals surface area contributed by atoms with Crippen molar-refractivity contribution in [1.29, 1.82) is 0 Å². The van der Waals surface area contributed by atoms with E-state index in [1.54, 1.807) is 0 Å². The Balaban J connectivity index is 1.97. The molecule has 1 N–H and O–H groups in total. The van der Waals surface area contributed by atoms with E-state index in [1.165, 1.54) is 0 Å². The Bertz CT molecular complexity index is 509. The molecule has 20 heavy (non-hydrogen) atoms. The molecular weight excluding hydrogens is 272 g/mol. The third kappa shape index (κ3) is 2.95. The van der Waals surface area contributed by atoms with E-state index >= 15 is 0 Å². The SMILES string of the molecule is CCC(CC)C(=O)N1CCC(c2n[nH]c(=S)n2C)CC1. The highest BCUT2D eigenvalue weighted by Gasteiger charge is 2.28. The number of carbonyl (C=O) groups is 1. The average molecular weight is 296 g/mol. The first-order valence-corrected chi connectivity index (χ1v) is 7.89. The van der Waals surface area contributed by atoms with Gasteiger partial charge in [0.05, 0.1) is 0 Å².